The van der Waals surface area contributed by atoms with Gasteiger partial charge < -0.3 is 9.80 Å². The Bertz CT molecular complexity index is 590. The van der Waals surface area contributed by atoms with Crippen molar-refractivity contribution in [2.24, 2.45) is 0 Å². The summed E-state index contributed by atoms with van der Waals surface area (Å²) in [4.78, 5) is 4.61. The summed E-state index contributed by atoms with van der Waals surface area (Å²) in [6, 6.07) is 8.70. The summed E-state index contributed by atoms with van der Waals surface area (Å²) in [7, 11) is 2.12. The van der Waals surface area contributed by atoms with E-state index < -0.39 is 0 Å². The lowest BCUT2D eigenvalue weighted by atomic mass is 10.1. The summed E-state index contributed by atoms with van der Waals surface area (Å²) in [5.41, 5.74) is 2.64. The highest BCUT2D eigenvalue weighted by Gasteiger charge is 2.14. The number of nitrogens with zero attached hydrogens (tertiary/aromatic N) is 2. The second-order valence-corrected chi connectivity index (χ2v) is 8.53. The first-order chi connectivity index (χ1) is 14.3. The maximum Gasteiger partial charge on any atom is 0.0647 e. The SMILES string of the molecule is CCCCCCCC/C=C\CCCCCCCCN1C=CN(C)c2ccccc21. The second-order valence-electron chi connectivity index (χ2n) is 8.53. The Morgan fingerprint density at radius 2 is 1.21 bits per heavy atom. The zero-order valence-corrected chi connectivity index (χ0v) is 19.1. The van der Waals surface area contributed by atoms with Crippen LogP contribution < -0.4 is 9.80 Å². The van der Waals surface area contributed by atoms with Crippen LogP contribution in [-0.2, 0) is 0 Å². The van der Waals surface area contributed by atoms with Gasteiger partial charge in [0.25, 0.3) is 0 Å². The number of benzene rings is 1. The van der Waals surface area contributed by atoms with Gasteiger partial charge in [0.05, 0.1) is 11.4 Å². The van der Waals surface area contributed by atoms with Crippen molar-refractivity contribution in [3.63, 3.8) is 0 Å². The number of allylic oxidation sites excluding steroid dienone is 2. The Morgan fingerprint density at radius 1 is 0.655 bits per heavy atom. The molecule has 0 N–H and O–H groups in total. The third kappa shape index (κ3) is 9.56. The molecular formula is C27H44N2. The molecule has 1 aliphatic rings. The third-order valence-electron chi connectivity index (χ3n) is 5.95. The van der Waals surface area contributed by atoms with Crippen molar-refractivity contribution in [1.29, 1.82) is 0 Å². The number of rotatable bonds is 16. The molecule has 2 rings (SSSR count). The van der Waals surface area contributed by atoms with Crippen LogP contribution in [-0.4, -0.2) is 13.6 Å². The summed E-state index contributed by atoms with van der Waals surface area (Å²) in [6.07, 6.45) is 28.4. The van der Waals surface area contributed by atoms with Gasteiger partial charge in [-0.3, -0.25) is 0 Å². The second kappa shape index (κ2) is 15.2. The maximum atomic E-state index is 2.42. The van der Waals surface area contributed by atoms with E-state index in [0.717, 1.165) is 6.54 Å². The van der Waals surface area contributed by atoms with Gasteiger partial charge in [-0.1, -0.05) is 89.0 Å². The molecule has 0 saturated heterocycles. The van der Waals surface area contributed by atoms with Crippen LogP contribution in [0.25, 0.3) is 0 Å². The van der Waals surface area contributed by atoms with E-state index in [0.29, 0.717) is 0 Å². The Kier molecular flexibility index (Phi) is 12.3. The van der Waals surface area contributed by atoms with Gasteiger partial charge in [0, 0.05) is 26.0 Å². The molecular weight excluding hydrogens is 352 g/mol. The van der Waals surface area contributed by atoms with E-state index in [4.69, 9.17) is 0 Å². The predicted octanol–water partition coefficient (Wildman–Crippen LogP) is 8.45. The number of anilines is 2. The molecule has 1 aromatic rings. The normalized spacial score (nSPS) is 13.4. The van der Waals surface area contributed by atoms with E-state index in [2.05, 4.69) is 72.6 Å². The van der Waals surface area contributed by atoms with Crippen LogP contribution in [0.3, 0.4) is 0 Å². The monoisotopic (exact) mass is 396 g/mol. The third-order valence-corrected chi connectivity index (χ3v) is 5.95. The van der Waals surface area contributed by atoms with Crippen LogP contribution in [0.2, 0.25) is 0 Å². The number of unbranched alkanes of at least 4 members (excludes halogenated alkanes) is 12. The van der Waals surface area contributed by atoms with E-state index in [1.54, 1.807) is 0 Å². The molecule has 2 heteroatoms. The Morgan fingerprint density at radius 3 is 1.86 bits per heavy atom. The van der Waals surface area contributed by atoms with Crippen molar-refractivity contribution in [2.45, 2.75) is 96.8 Å². The fourth-order valence-corrected chi connectivity index (χ4v) is 4.07. The molecule has 0 spiro atoms. The van der Waals surface area contributed by atoms with E-state index in [-0.39, 0.29) is 0 Å². The van der Waals surface area contributed by atoms with Crippen molar-refractivity contribution in [1.82, 2.24) is 0 Å². The van der Waals surface area contributed by atoms with Gasteiger partial charge >= 0.3 is 0 Å². The molecule has 0 aliphatic carbocycles. The molecule has 0 amide bonds. The first-order valence-corrected chi connectivity index (χ1v) is 12.2. The van der Waals surface area contributed by atoms with Crippen LogP contribution >= 0.6 is 0 Å². The molecule has 0 atom stereocenters. The highest BCUT2D eigenvalue weighted by atomic mass is 15.2. The van der Waals surface area contributed by atoms with Crippen LogP contribution in [0.5, 0.6) is 0 Å². The Balaban J connectivity index is 1.41. The van der Waals surface area contributed by atoms with Crippen LogP contribution in [0.1, 0.15) is 96.8 Å². The number of fused-ring (bicyclic) bond motifs is 1. The lowest BCUT2D eigenvalue weighted by Crippen LogP contribution is -2.25. The van der Waals surface area contributed by atoms with Gasteiger partial charge in [0.1, 0.15) is 0 Å². The largest absolute Gasteiger partial charge is 0.348 e. The Hall–Kier alpha value is -1.70. The lowest BCUT2D eigenvalue weighted by molar-refractivity contribution is 0.596. The molecule has 0 bridgehead atoms. The molecule has 1 aromatic carbocycles. The fraction of sp³-hybridized carbons (Fsp3) is 0.630. The highest BCUT2D eigenvalue weighted by molar-refractivity contribution is 5.75. The van der Waals surface area contributed by atoms with Gasteiger partial charge in [-0.15, -0.1) is 0 Å². The molecule has 0 saturated carbocycles. The van der Waals surface area contributed by atoms with E-state index in [1.165, 1.54) is 101 Å². The van der Waals surface area contributed by atoms with Crippen LogP contribution in [0.15, 0.2) is 48.8 Å². The first kappa shape index (κ1) is 23.6. The van der Waals surface area contributed by atoms with Crippen molar-refractivity contribution >= 4 is 11.4 Å². The minimum absolute atomic E-state index is 1.13. The van der Waals surface area contributed by atoms with Gasteiger partial charge in [-0.2, -0.15) is 0 Å². The average Bonchev–Trinajstić information content (AvgIpc) is 2.75. The smallest absolute Gasteiger partial charge is 0.0647 e. The van der Waals surface area contributed by atoms with E-state index >= 15 is 0 Å². The van der Waals surface area contributed by atoms with E-state index in [1.807, 2.05) is 0 Å². The number of hydrogen-bond acceptors (Lipinski definition) is 2. The van der Waals surface area contributed by atoms with Gasteiger partial charge in [0.15, 0.2) is 0 Å². The minimum Gasteiger partial charge on any atom is -0.348 e. The van der Waals surface area contributed by atoms with E-state index in [9.17, 15) is 0 Å². The maximum absolute atomic E-state index is 2.42. The molecule has 2 nitrogen and oxygen atoms in total. The summed E-state index contributed by atoms with van der Waals surface area (Å²) in [5, 5.41) is 0. The molecule has 1 heterocycles. The molecule has 0 radical (unpaired) electrons. The summed E-state index contributed by atoms with van der Waals surface area (Å²) in [6.45, 7) is 3.41. The van der Waals surface area contributed by atoms with Crippen molar-refractivity contribution in [2.75, 3.05) is 23.4 Å². The standard InChI is InChI=1S/C27H44N2/c1-3-4-5-6-7-8-9-10-11-12-13-14-15-16-17-20-23-29-25-24-28(2)26-21-18-19-22-27(26)29/h10-11,18-19,21-22,24-25H,3-9,12-17,20,23H2,1-2H3/b11-10-. The Labute approximate surface area is 180 Å². The quantitative estimate of drug-likeness (QED) is 0.204. The average molecular weight is 397 g/mol. The predicted molar refractivity (Wildman–Crippen MR) is 131 cm³/mol. The summed E-state index contributed by atoms with van der Waals surface area (Å²) >= 11 is 0. The molecule has 0 aromatic heterocycles. The zero-order chi connectivity index (χ0) is 20.6. The van der Waals surface area contributed by atoms with Gasteiger partial charge in [-0.25, -0.2) is 0 Å². The molecule has 0 unspecified atom stereocenters. The number of hydrogen-bond donors (Lipinski definition) is 0. The summed E-state index contributed by atoms with van der Waals surface area (Å²) in [5.74, 6) is 0. The zero-order valence-electron chi connectivity index (χ0n) is 19.1. The summed E-state index contributed by atoms with van der Waals surface area (Å²) < 4.78 is 0. The molecule has 0 fully saturated rings. The molecule has 1 aliphatic heterocycles. The molecule has 29 heavy (non-hydrogen) atoms. The topological polar surface area (TPSA) is 6.48 Å². The lowest BCUT2D eigenvalue weighted by Gasteiger charge is -2.31. The van der Waals surface area contributed by atoms with Crippen molar-refractivity contribution in [3.05, 3.63) is 48.8 Å². The van der Waals surface area contributed by atoms with Crippen molar-refractivity contribution < 1.29 is 0 Å². The number of para-hydroxylation sites is 2. The highest BCUT2D eigenvalue weighted by Crippen LogP contribution is 2.32. The van der Waals surface area contributed by atoms with Crippen LogP contribution in [0, 0.1) is 0 Å². The van der Waals surface area contributed by atoms with Gasteiger partial charge in [0.2, 0.25) is 0 Å². The van der Waals surface area contributed by atoms with Crippen molar-refractivity contribution in [3.8, 4) is 0 Å². The fourth-order valence-electron chi connectivity index (χ4n) is 4.07. The minimum atomic E-state index is 1.13. The van der Waals surface area contributed by atoms with Crippen LogP contribution in [0.4, 0.5) is 11.4 Å². The molecule has 162 valence electrons. The van der Waals surface area contributed by atoms with Gasteiger partial charge in [-0.05, 0) is 44.2 Å². The first-order valence-electron chi connectivity index (χ1n) is 12.2.